The molecule has 3 aliphatic rings. The molecular weight excluding hydrogens is 378 g/mol. The lowest BCUT2D eigenvalue weighted by atomic mass is 9.96. The molecule has 152 valence electrons. The highest BCUT2D eigenvalue weighted by Gasteiger charge is 2.33. The molecule has 0 spiro atoms. The van der Waals surface area contributed by atoms with Gasteiger partial charge in [-0.15, -0.1) is 0 Å². The number of fused-ring (bicyclic) bond motifs is 2. The topological polar surface area (TPSA) is 81.5 Å². The standard InChI is InChI=1S/C20H27N3O4S/c1-2-27-19(26)13-7-9-22(10-8-13)17(24)11-14-12-28-20-21-16-6-4-3-5-15(16)18(25)23(14)20/h13-14H,2-12H2,1H3/t14-/m0/s1. The summed E-state index contributed by atoms with van der Waals surface area (Å²) in [5.41, 5.74) is 1.87. The number of nitrogens with zero attached hydrogens (tertiary/aromatic N) is 3. The fourth-order valence-corrected chi connectivity index (χ4v) is 5.57. The van der Waals surface area contributed by atoms with Gasteiger partial charge in [0.25, 0.3) is 5.56 Å². The van der Waals surface area contributed by atoms with Gasteiger partial charge in [0.1, 0.15) is 0 Å². The molecule has 1 fully saturated rings. The maximum atomic E-state index is 13.0. The van der Waals surface area contributed by atoms with Crippen LogP contribution < -0.4 is 5.56 Å². The highest BCUT2D eigenvalue weighted by molar-refractivity contribution is 7.99. The molecule has 0 saturated carbocycles. The van der Waals surface area contributed by atoms with E-state index in [2.05, 4.69) is 0 Å². The molecule has 1 aromatic rings. The van der Waals surface area contributed by atoms with Gasteiger partial charge in [-0.25, -0.2) is 4.98 Å². The summed E-state index contributed by atoms with van der Waals surface area (Å²) in [5.74, 6) is 0.518. The molecule has 7 nitrogen and oxygen atoms in total. The van der Waals surface area contributed by atoms with Crippen LogP contribution in [0.5, 0.6) is 0 Å². The van der Waals surface area contributed by atoms with Gasteiger partial charge in [0.15, 0.2) is 5.16 Å². The molecule has 0 aromatic carbocycles. The summed E-state index contributed by atoms with van der Waals surface area (Å²) < 4.78 is 6.85. The average molecular weight is 406 g/mol. The summed E-state index contributed by atoms with van der Waals surface area (Å²) in [4.78, 5) is 44.2. The van der Waals surface area contributed by atoms with Crippen molar-refractivity contribution in [2.24, 2.45) is 5.92 Å². The lowest BCUT2D eigenvalue weighted by molar-refractivity contribution is -0.151. The van der Waals surface area contributed by atoms with Crippen molar-refractivity contribution in [3.8, 4) is 0 Å². The van der Waals surface area contributed by atoms with Crippen molar-refractivity contribution >= 4 is 23.6 Å². The number of aromatic nitrogens is 2. The number of amides is 1. The van der Waals surface area contributed by atoms with Gasteiger partial charge < -0.3 is 9.64 Å². The molecule has 0 bridgehead atoms. The Morgan fingerprint density at radius 3 is 2.71 bits per heavy atom. The second-order valence-electron chi connectivity index (χ2n) is 7.78. The largest absolute Gasteiger partial charge is 0.466 e. The third kappa shape index (κ3) is 3.71. The quantitative estimate of drug-likeness (QED) is 0.563. The molecule has 3 heterocycles. The molecule has 1 amide bonds. The van der Waals surface area contributed by atoms with Crippen molar-refractivity contribution in [2.75, 3.05) is 25.4 Å². The van der Waals surface area contributed by atoms with E-state index >= 15 is 0 Å². The van der Waals surface area contributed by atoms with Crippen molar-refractivity contribution in [1.29, 1.82) is 0 Å². The third-order valence-corrected chi connectivity index (χ3v) is 7.10. The Labute approximate surface area is 168 Å². The van der Waals surface area contributed by atoms with E-state index in [-0.39, 0.29) is 29.4 Å². The highest BCUT2D eigenvalue weighted by atomic mass is 32.2. The molecule has 8 heteroatoms. The van der Waals surface area contributed by atoms with E-state index in [1.807, 2.05) is 11.8 Å². The Bertz CT molecular complexity index is 829. The van der Waals surface area contributed by atoms with Crippen LogP contribution in [0.1, 0.15) is 56.3 Å². The Hall–Kier alpha value is -1.83. The van der Waals surface area contributed by atoms with Crippen LogP contribution in [0.15, 0.2) is 9.95 Å². The van der Waals surface area contributed by atoms with Gasteiger partial charge >= 0.3 is 5.97 Å². The van der Waals surface area contributed by atoms with Crippen LogP contribution in [-0.2, 0) is 27.2 Å². The van der Waals surface area contributed by atoms with E-state index in [1.165, 1.54) is 0 Å². The number of ether oxygens (including phenoxy) is 1. The van der Waals surface area contributed by atoms with Gasteiger partial charge in [0.2, 0.25) is 5.91 Å². The average Bonchev–Trinajstić information content (AvgIpc) is 3.11. The summed E-state index contributed by atoms with van der Waals surface area (Å²) in [7, 11) is 0. The minimum Gasteiger partial charge on any atom is -0.466 e. The van der Waals surface area contributed by atoms with Crippen LogP contribution in [0.2, 0.25) is 0 Å². The first-order chi connectivity index (χ1) is 13.6. The number of rotatable bonds is 4. The molecule has 1 aromatic heterocycles. The zero-order valence-corrected chi connectivity index (χ0v) is 17.1. The Balaban J connectivity index is 1.41. The Morgan fingerprint density at radius 1 is 1.21 bits per heavy atom. The molecule has 0 radical (unpaired) electrons. The lowest BCUT2D eigenvalue weighted by Crippen LogP contribution is -2.42. The van der Waals surface area contributed by atoms with Crippen molar-refractivity contribution < 1.29 is 14.3 Å². The van der Waals surface area contributed by atoms with Crippen LogP contribution in [0.25, 0.3) is 0 Å². The number of piperidine rings is 1. The molecule has 1 saturated heterocycles. The monoisotopic (exact) mass is 405 g/mol. The van der Waals surface area contributed by atoms with E-state index in [0.717, 1.165) is 47.8 Å². The van der Waals surface area contributed by atoms with Crippen LogP contribution in [0.4, 0.5) is 0 Å². The van der Waals surface area contributed by atoms with Crippen molar-refractivity contribution in [3.05, 3.63) is 21.6 Å². The number of hydrogen-bond acceptors (Lipinski definition) is 6. The number of carbonyl (C=O) groups excluding carboxylic acids is 2. The number of likely N-dealkylation sites (tertiary alicyclic amines) is 1. The first-order valence-electron chi connectivity index (χ1n) is 10.3. The smallest absolute Gasteiger partial charge is 0.309 e. The van der Waals surface area contributed by atoms with E-state index in [4.69, 9.17) is 9.72 Å². The van der Waals surface area contributed by atoms with E-state index in [1.54, 1.807) is 16.3 Å². The van der Waals surface area contributed by atoms with Crippen molar-refractivity contribution in [2.45, 2.75) is 63.1 Å². The zero-order chi connectivity index (χ0) is 19.7. The maximum absolute atomic E-state index is 13.0. The van der Waals surface area contributed by atoms with Crippen LogP contribution in [0, 0.1) is 5.92 Å². The van der Waals surface area contributed by atoms with Gasteiger partial charge in [0.05, 0.1) is 24.3 Å². The lowest BCUT2D eigenvalue weighted by Gasteiger charge is -2.31. The first-order valence-corrected chi connectivity index (χ1v) is 11.3. The fraction of sp³-hybridized carbons (Fsp3) is 0.700. The van der Waals surface area contributed by atoms with Crippen LogP contribution in [-0.4, -0.2) is 51.8 Å². The fourth-order valence-electron chi connectivity index (χ4n) is 4.42. The molecular formula is C20H27N3O4S. The van der Waals surface area contributed by atoms with Gasteiger partial charge in [-0.1, -0.05) is 11.8 Å². The summed E-state index contributed by atoms with van der Waals surface area (Å²) in [5, 5.41) is 0.768. The van der Waals surface area contributed by atoms with Crippen LogP contribution in [0.3, 0.4) is 0 Å². The van der Waals surface area contributed by atoms with E-state index < -0.39 is 0 Å². The molecule has 2 aliphatic heterocycles. The SMILES string of the molecule is CCOC(=O)C1CCN(C(=O)C[C@H]2CSc3nc4c(c(=O)n32)CCCC4)CC1. The zero-order valence-electron chi connectivity index (χ0n) is 16.3. The van der Waals surface area contributed by atoms with Gasteiger partial charge in [0, 0.05) is 30.8 Å². The van der Waals surface area contributed by atoms with E-state index in [9.17, 15) is 14.4 Å². The Kier molecular flexibility index (Phi) is 5.75. The molecule has 0 unspecified atom stereocenters. The highest BCUT2D eigenvalue weighted by Crippen LogP contribution is 2.34. The van der Waals surface area contributed by atoms with Gasteiger partial charge in [-0.2, -0.15) is 0 Å². The van der Waals surface area contributed by atoms with Crippen molar-refractivity contribution in [1.82, 2.24) is 14.5 Å². The summed E-state index contributed by atoms with van der Waals surface area (Å²) in [6.45, 7) is 3.35. The molecule has 4 rings (SSSR count). The normalized spacial score (nSPS) is 21.9. The van der Waals surface area contributed by atoms with Crippen molar-refractivity contribution in [3.63, 3.8) is 0 Å². The third-order valence-electron chi connectivity index (χ3n) is 6.00. The predicted molar refractivity (Wildman–Crippen MR) is 105 cm³/mol. The predicted octanol–water partition coefficient (Wildman–Crippen LogP) is 1.96. The number of carbonyl (C=O) groups is 2. The number of thioether (sulfide) groups is 1. The number of hydrogen-bond donors (Lipinski definition) is 0. The summed E-state index contributed by atoms with van der Waals surface area (Å²) >= 11 is 1.58. The molecule has 1 atom stereocenters. The minimum atomic E-state index is -0.155. The minimum absolute atomic E-state index is 0.0588. The molecule has 1 aliphatic carbocycles. The summed E-state index contributed by atoms with van der Waals surface area (Å²) in [6.07, 6.45) is 5.44. The maximum Gasteiger partial charge on any atom is 0.309 e. The summed E-state index contributed by atoms with van der Waals surface area (Å²) in [6, 6.07) is -0.123. The number of esters is 1. The van der Waals surface area contributed by atoms with E-state index in [0.29, 0.717) is 39.0 Å². The first kappa shape index (κ1) is 19.5. The van der Waals surface area contributed by atoms with Gasteiger partial charge in [-0.3, -0.25) is 19.0 Å². The molecule has 28 heavy (non-hydrogen) atoms. The van der Waals surface area contributed by atoms with Crippen LogP contribution >= 0.6 is 11.8 Å². The second-order valence-corrected chi connectivity index (χ2v) is 8.77. The van der Waals surface area contributed by atoms with Gasteiger partial charge in [-0.05, 0) is 45.4 Å². The Morgan fingerprint density at radius 2 is 1.96 bits per heavy atom. The molecule has 0 N–H and O–H groups in total. The second kappa shape index (κ2) is 8.27. The number of aryl methyl sites for hydroxylation is 1.